The number of fused-ring (bicyclic) bond motifs is 1. The fourth-order valence-corrected chi connectivity index (χ4v) is 4.28. The molecule has 4 rings (SSSR count). The van der Waals surface area contributed by atoms with Crippen molar-refractivity contribution in [1.82, 2.24) is 0 Å². The number of carbonyl (C=O) groups excluding carboxylic acids is 2. The van der Waals surface area contributed by atoms with Crippen LogP contribution < -0.4 is 9.47 Å². The highest BCUT2D eigenvalue weighted by atomic mass is 16.5. The molecule has 1 aliphatic heterocycles. The van der Waals surface area contributed by atoms with Gasteiger partial charge in [-0.1, -0.05) is 54.1 Å². The maximum atomic E-state index is 13.9. The minimum atomic E-state index is -1.61. The van der Waals surface area contributed by atoms with Crippen molar-refractivity contribution in [3.63, 3.8) is 0 Å². The van der Waals surface area contributed by atoms with Gasteiger partial charge in [0, 0.05) is 6.42 Å². The zero-order valence-electron chi connectivity index (χ0n) is 19.4. The molecule has 1 aliphatic rings. The third kappa shape index (κ3) is 4.26. The molecule has 0 radical (unpaired) electrons. The van der Waals surface area contributed by atoms with Crippen LogP contribution in [-0.4, -0.2) is 26.0 Å². The highest BCUT2D eigenvalue weighted by molar-refractivity contribution is 6.15. The van der Waals surface area contributed by atoms with E-state index in [1.165, 1.54) is 7.11 Å². The number of hydrogen-bond acceptors (Lipinski definition) is 5. The van der Waals surface area contributed by atoms with E-state index in [9.17, 15) is 9.59 Å². The molecule has 3 aromatic carbocycles. The molecule has 34 heavy (non-hydrogen) atoms. The molecule has 0 spiro atoms. The first kappa shape index (κ1) is 23.1. The zero-order chi connectivity index (χ0) is 24.1. The molecule has 5 nitrogen and oxygen atoms in total. The fourth-order valence-electron chi connectivity index (χ4n) is 4.28. The summed E-state index contributed by atoms with van der Waals surface area (Å²) in [4.78, 5) is 27.2. The van der Waals surface area contributed by atoms with Crippen LogP contribution in [0.5, 0.6) is 11.5 Å². The van der Waals surface area contributed by atoms with Gasteiger partial charge in [-0.2, -0.15) is 0 Å². The van der Waals surface area contributed by atoms with Crippen molar-refractivity contribution < 1.29 is 23.8 Å². The Morgan fingerprint density at radius 1 is 1.06 bits per heavy atom. The van der Waals surface area contributed by atoms with E-state index in [4.69, 9.17) is 14.2 Å². The Kier molecular flexibility index (Phi) is 6.67. The number of ether oxygens (including phenoxy) is 3. The smallest absolute Gasteiger partial charge is 0.324 e. The van der Waals surface area contributed by atoms with Gasteiger partial charge in [0.2, 0.25) is 0 Å². The van der Waals surface area contributed by atoms with Gasteiger partial charge >= 0.3 is 5.97 Å². The van der Waals surface area contributed by atoms with Gasteiger partial charge in [0.1, 0.15) is 17.6 Å². The molecule has 0 saturated carbocycles. The molecule has 172 valence electrons. The standard InChI is InChI=1S/C29H26O5/c1-20-9-8-11-21(19-20)10-6-7-18-29(28(31)33-3)26(30)24-12-4-5-13-25(24)34-27(29)22-14-16-23(32-2)17-15-22/h4-5,7-17,19,27H,18H2,1-3H3. The van der Waals surface area contributed by atoms with E-state index in [2.05, 4.69) is 5.73 Å². The SMILES string of the molecule is COC(=O)C1(CC=C=Cc2cccc(C)c2)C(=O)c2ccccc2OC1c1ccc(OC)cc1. The highest BCUT2D eigenvalue weighted by Gasteiger charge is 2.58. The molecular weight excluding hydrogens is 428 g/mol. The number of rotatable bonds is 6. The summed E-state index contributed by atoms with van der Waals surface area (Å²) >= 11 is 0. The first-order chi connectivity index (χ1) is 16.5. The van der Waals surface area contributed by atoms with Crippen LogP contribution in [0.2, 0.25) is 0 Å². The quantitative estimate of drug-likeness (QED) is 0.270. The number of benzene rings is 3. The molecule has 0 aromatic heterocycles. The Hall–Kier alpha value is -4.08. The van der Waals surface area contributed by atoms with Crippen molar-refractivity contribution in [2.75, 3.05) is 14.2 Å². The number of para-hydroxylation sites is 1. The Balaban J connectivity index is 1.81. The van der Waals surface area contributed by atoms with Gasteiger partial charge < -0.3 is 14.2 Å². The maximum absolute atomic E-state index is 13.9. The highest BCUT2D eigenvalue weighted by Crippen LogP contribution is 2.50. The lowest BCUT2D eigenvalue weighted by molar-refractivity contribution is -0.155. The number of ketones is 1. The summed E-state index contributed by atoms with van der Waals surface area (Å²) in [6, 6.07) is 22.1. The van der Waals surface area contributed by atoms with Gasteiger partial charge in [-0.15, -0.1) is 5.73 Å². The molecule has 0 bridgehead atoms. The molecule has 0 amide bonds. The molecule has 0 N–H and O–H groups in total. The van der Waals surface area contributed by atoms with Crippen molar-refractivity contribution in [2.45, 2.75) is 19.4 Å². The largest absolute Gasteiger partial charge is 0.497 e. The van der Waals surface area contributed by atoms with Crippen LogP contribution in [0.25, 0.3) is 6.08 Å². The molecule has 2 atom stereocenters. The minimum Gasteiger partial charge on any atom is -0.497 e. The van der Waals surface area contributed by atoms with Crippen LogP contribution >= 0.6 is 0 Å². The topological polar surface area (TPSA) is 61.8 Å². The second-order valence-corrected chi connectivity index (χ2v) is 8.19. The third-order valence-corrected chi connectivity index (χ3v) is 6.03. The Morgan fingerprint density at radius 2 is 1.82 bits per heavy atom. The summed E-state index contributed by atoms with van der Waals surface area (Å²) in [5.41, 5.74) is 4.66. The van der Waals surface area contributed by atoms with E-state index in [1.54, 1.807) is 61.7 Å². The first-order valence-corrected chi connectivity index (χ1v) is 11.0. The average molecular weight is 455 g/mol. The maximum Gasteiger partial charge on any atom is 0.324 e. The predicted molar refractivity (Wildman–Crippen MR) is 130 cm³/mol. The Labute approximate surface area is 199 Å². The van der Waals surface area contributed by atoms with E-state index in [0.717, 1.165) is 11.1 Å². The molecule has 0 saturated heterocycles. The lowest BCUT2D eigenvalue weighted by atomic mass is 9.69. The van der Waals surface area contributed by atoms with Gasteiger partial charge in [0.05, 0.1) is 19.8 Å². The Bertz CT molecular complexity index is 1270. The van der Waals surface area contributed by atoms with Gasteiger partial charge in [-0.3, -0.25) is 9.59 Å². The number of esters is 1. The van der Waals surface area contributed by atoms with Crippen molar-refractivity contribution in [1.29, 1.82) is 0 Å². The van der Waals surface area contributed by atoms with Gasteiger partial charge in [-0.05, 0) is 54.5 Å². The van der Waals surface area contributed by atoms with Crippen LogP contribution in [0.15, 0.2) is 84.6 Å². The van der Waals surface area contributed by atoms with Crippen LogP contribution in [0.3, 0.4) is 0 Å². The van der Waals surface area contributed by atoms with Crippen LogP contribution in [-0.2, 0) is 9.53 Å². The van der Waals surface area contributed by atoms with Crippen molar-refractivity contribution in [2.24, 2.45) is 5.41 Å². The zero-order valence-corrected chi connectivity index (χ0v) is 19.4. The molecule has 0 fully saturated rings. The van der Waals surface area contributed by atoms with Crippen molar-refractivity contribution >= 4 is 17.8 Å². The van der Waals surface area contributed by atoms with Gasteiger partial charge in [0.15, 0.2) is 11.2 Å². The van der Waals surface area contributed by atoms with Crippen molar-refractivity contribution in [3.05, 3.63) is 107 Å². The molecule has 5 heteroatoms. The second-order valence-electron chi connectivity index (χ2n) is 8.19. The van der Waals surface area contributed by atoms with E-state index in [1.807, 2.05) is 37.3 Å². The monoisotopic (exact) mass is 454 g/mol. The van der Waals surface area contributed by atoms with E-state index in [0.29, 0.717) is 22.6 Å². The summed E-state index contributed by atoms with van der Waals surface area (Å²) in [6.45, 7) is 2.02. The second kappa shape index (κ2) is 9.82. The van der Waals surface area contributed by atoms with Crippen LogP contribution in [0.4, 0.5) is 0 Å². The van der Waals surface area contributed by atoms with Crippen molar-refractivity contribution in [3.8, 4) is 11.5 Å². The normalized spacial score (nSPS) is 18.7. The fraction of sp³-hybridized carbons (Fsp3) is 0.207. The lowest BCUT2D eigenvalue weighted by Crippen LogP contribution is -2.49. The summed E-state index contributed by atoms with van der Waals surface area (Å²) < 4.78 is 16.8. The van der Waals surface area contributed by atoms with E-state index in [-0.39, 0.29) is 12.2 Å². The minimum absolute atomic E-state index is 0.0614. The Morgan fingerprint density at radius 3 is 2.53 bits per heavy atom. The molecule has 2 unspecified atom stereocenters. The summed E-state index contributed by atoms with van der Waals surface area (Å²) in [5.74, 6) is 0.111. The third-order valence-electron chi connectivity index (χ3n) is 6.03. The summed E-state index contributed by atoms with van der Waals surface area (Å²) in [7, 11) is 2.87. The average Bonchev–Trinajstić information content (AvgIpc) is 2.87. The molecular formula is C29H26O5. The summed E-state index contributed by atoms with van der Waals surface area (Å²) in [5, 5.41) is 0. The number of methoxy groups -OCH3 is 2. The number of hydrogen-bond donors (Lipinski definition) is 0. The van der Waals surface area contributed by atoms with Crippen LogP contribution in [0, 0.1) is 12.3 Å². The van der Waals surface area contributed by atoms with Gasteiger partial charge in [0.25, 0.3) is 0 Å². The molecule has 3 aromatic rings. The number of Topliss-reactive ketones (excluding diaryl/α,β-unsaturated/α-hetero) is 1. The van der Waals surface area contributed by atoms with E-state index < -0.39 is 17.5 Å². The molecule has 0 aliphatic carbocycles. The van der Waals surface area contributed by atoms with E-state index >= 15 is 0 Å². The lowest BCUT2D eigenvalue weighted by Gasteiger charge is -2.40. The van der Waals surface area contributed by atoms with Gasteiger partial charge in [-0.25, -0.2) is 0 Å². The summed E-state index contributed by atoms with van der Waals surface area (Å²) in [6.07, 6.45) is 2.70. The first-order valence-electron chi connectivity index (χ1n) is 11.0. The number of carbonyl (C=O) groups is 2. The van der Waals surface area contributed by atoms with Crippen LogP contribution in [0.1, 0.15) is 39.6 Å². The number of allylic oxidation sites excluding steroid dienone is 1. The molecule has 1 heterocycles. The predicted octanol–water partition coefficient (Wildman–Crippen LogP) is 5.74. The number of aryl methyl sites for hydroxylation is 1.